The largest absolute Gasteiger partial charge is 0.397 e. The second-order valence-corrected chi connectivity index (χ2v) is 9.28. The number of nitrogens with zero attached hydrogens (tertiary/aromatic N) is 5. The molecule has 0 saturated heterocycles. The molecule has 0 bridgehead atoms. The van der Waals surface area contributed by atoms with E-state index in [0.29, 0.717) is 46.5 Å². The molecule has 0 aliphatic carbocycles. The number of nitriles is 2. The Morgan fingerprint density at radius 3 is 2.34 bits per heavy atom. The lowest BCUT2D eigenvalue weighted by Gasteiger charge is -2.23. The average molecular weight is 522 g/mol. The summed E-state index contributed by atoms with van der Waals surface area (Å²) in [6.45, 7) is 7.95. The molecule has 1 heterocycles. The minimum absolute atomic E-state index is 0.0244. The normalized spacial score (nSPS) is 11.5. The van der Waals surface area contributed by atoms with Crippen LogP contribution in [-0.4, -0.2) is 59.1 Å². The van der Waals surface area contributed by atoms with E-state index >= 15 is 0 Å². The molecular weight excluding hydrogens is 494 g/mol. The number of benzene rings is 1. The molecule has 1 aromatic carbocycles. The highest BCUT2D eigenvalue weighted by molar-refractivity contribution is 7.80. The second kappa shape index (κ2) is 13.8. The Labute approximate surface area is 209 Å². The highest BCUT2D eigenvalue weighted by Crippen LogP contribution is 2.36. The molecule has 0 aliphatic heterocycles. The molecule has 0 spiro atoms. The molecule has 2 rings (SSSR count). The van der Waals surface area contributed by atoms with Crippen molar-refractivity contribution >= 4 is 38.1 Å². The number of anilines is 1. The van der Waals surface area contributed by atoms with Crippen LogP contribution in [0, 0.1) is 36.5 Å². The summed E-state index contributed by atoms with van der Waals surface area (Å²) in [4.78, 5) is 2.60. The van der Waals surface area contributed by atoms with Crippen molar-refractivity contribution in [2.75, 3.05) is 51.0 Å². The summed E-state index contributed by atoms with van der Waals surface area (Å²) in [6, 6.07) is 9.97. The zero-order valence-corrected chi connectivity index (χ0v) is 21.4. The highest BCUT2D eigenvalue weighted by atomic mass is 32.3. The third-order valence-electron chi connectivity index (χ3n) is 4.85. The van der Waals surface area contributed by atoms with Gasteiger partial charge in [0.15, 0.2) is 5.00 Å². The van der Waals surface area contributed by atoms with Crippen molar-refractivity contribution in [3.63, 3.8) is 0 Å². The standard InChI is InChI=1S/C22H27N5O6S2/c1-4-27(7-8-31-9-10-32-11-12-33-35(28,29)30)18-5-6-20(16(2)13-18)25-26-22-19(14-23)17(3)21(15-24)34-22/h5-6,13H,4,7-12H2,1-3H3,(H,28,29,30). The lowest BCUT2D eigenvalue weighted by atomic mass is 10.1. The molecule has 13 heteroatoms. The average Bonchev–Trinajstić information content (AvgIpc) is 3.13. The third-order valence-corrected chi connectivity index (χ3v) is 6.40. The van der Waals surface area contributed by atoms with Crippen molar-refractivity contribution < 1.29 is 26.6 Å². The van der Waals surface area contributed by atoms with E-state index in [1.165, 1.54) is 0 Å². The molecule has 2 aromatic rings. The number of hydrogen-bond donors (Lipinski definition) is 1. The first-order valence-electron chi connectivity index (χ1n) is 10.7. The van der Waals surface area contributed by atoms with Gasteiger partial charge in [0, 0.05) is 18.8 Å². The lowest BCUT2D eigenvalue weighted by molar-refractivity contribution is 0.0378. The molecule has 0 radical (unpaired) electrons. The van der Waals surface area contributed by atoms with Crippen LogP contribution < -0.4 is 4.90 Å². The fourth-order valence-corrected chi connectivity index (χ4v) is 4.17. The van der Waals surface area contributed by atoms with E-state index in [4.69, 9.17) is 14.0 Å². The smallest absolute Gasteiger partial charge is 0.377 e. The number of aryl methyl sites for hydroxylation is 1. The number of azo groups is 1. The van der Waals surface area contributed by atoms with Gasteiger partial charge >= 0.3 is 10.4 Å². The van der Waals surface area contributed by atoms with Crippen LogP contribution in [0.5, 0.6) is 0 Å². The fraction of sp³-hybridized carbons (Fsp3) is 0.455. The quantitative estimate of drug-likeness (QED) is 0.218. The topological polar surface area (TPSA) is 158 Å². The molecule has 35 heavy (non-hydrogen) atoms. The van der Waals surface area contributed by atoms with Crippen LogP contribution in [0.25, 0.3) is 0 Å². The van der Waals surface area contributed by atoms with Gasteiger partial charge in [-0.1, -0.05) is 0 Å². The summed E-state index contributed by atoms with van der Waals surface area (Å²) in [7, 11) is -4.44. The van der Waals surface area contributed by atoms with Crippen LogP contribution in [0.15, 0.2) is 28.4 Å². The summed E-state index contributed by atoms with van der Waals surface area (Å²) in [5.41, 5.74) is 3.59. The lowest BCUT2D eigenvalue weighted by Crippen LogP contribution is -2.27. The first-order valence-corrected chi connectivity index (χ1v) is 12.9. The van der Waals surface area contributed by atoms with Gasteiger partial charge in [-0.25, -0.2) is 4.18 Å². The van der Waals surface area contributed by atoms with Crippen LogP contribution in [0.4, 0.5) is 16.4 Å². The van der Waals surface area contributed by atoms with Crippen molar-refractivity contribution in [3.05, 3.63) is 39.8 Å². The maximum Gasteiger partial charge on any atom is 0.397 e. The SMILES string of the molecule is CCN(CCOCCOCCOS(=O)(=O)O)c1ccc(N=Nc2sc(C#N)c(C)c2C#N)c(C)c1. The van der Waals surface area contributed by atoms with Crippen molar-refractivity contribution in [2.45, 2.75) is 20.8 Å². The number of ether oxygens (including phenoxy) is 2. The molecule has 1 N–H and O–H groups in total. The van der Waals surface area contributed by atoms with Crippen LogP contribution in [-0.2, 0) is 24.1 Å². The molecule has 188 valence electrons. The first-order chi connectivity index (χ1) is 16.7. The highest BCUT2D eigenvalue weighted by Gasteiger charge is 2.14. The van der Waals surface area contributed by atoms with Gasteiger partial charge in [0.05, 0.1) is 44.3 Å². The van der Waals surface area contributed by atoms with E-state index in [1.54, 1.807) is 6.92 Å². The van der Waals surface area contributed by atoms with Gasteiger partial charge in [0.2, 0.25) is 0 Å². The van der Waals surface area contributed by atoms with Crippen molar-refractivity contribution in [2.24, 2.45) is 10.2 Å². The van der Waals surface area contributed by atoms with Gasteiger partial charge in [-0.2, -0.15) is 18.9 Å². The molecule has 0 saturated carbocycles. The van der Waals surface area contributed by atoms with E-state index in [1.807, 2.05) is 32.0 Å². The Kier molecular flexibility index (Phi) is 11.2. The van der Waals surface area contributed by atoms with E-state index in [0.717, 1.165) is 29.1 Å². The maximum atomic E-state index is 10.4. The van der Waals surface area contributed by atoms with Gasteiger partial charge in [0.1, 0.15) is 17.0 Å². The Morgan fingerprint density at radius 1 is 1.06 bits per heavy atom. The van der Waals surface area contributed by atoms with E-state index in [9.17, 15) is 18.9 Å². The molecule has 11 nitrogen and oxygen atoms in total. The van der Waals surface area contributed by atoms with Gasteiger partial charge in [-0.05, 0) is 50.1 Å². The minimum atomic E-state index is -4.44. The van der Waals surface area contributed by atoms with Crippen molar-refractivity contribution in [1.82, 2.24) is 0 Å². The molecule has 0 fully saturated rings. The van der Waals surface area contributed by atoms with Gasteiger partial charge in [-0.15, -0.1) is 21.6 Å². The van der Waals surface area contributed by atoms with E-state index < -0.39 is 10.4 Å². The molecule has 0 atom stereocenters. The Bertz CT molecular complexity index is 1210. The third kappa shape index (κ3) is 8.99. The number of hydrogen-bond acceptors (Lipinski definition) is 11. The van der Waals surface area contributed by atoms with Gasteiger partial charge in [0.25, 0.3) is 0 Å². The fourth-order valence-electron chi connectivity index (χ4n) is 3.02. The van der Waals surface area contributed by atoms with Gasteiger partial charge in [-0.3, -0.25) is 4.55 Å². The van der Waals surface area contributed by atoms with Gasteiger partial charge < -0.3 is 14.4 Å². The van der Waals surface area contributed by atoms with Crippen LogP contribution in [0.2, 0.25) is 0 Å². The zero-order valence-electron chi connectivity index (χ0n) is 19.7. The maximum absolute atomic E-state index is 10.4. The Hall–Kier alpha value is -2.91. The monoisotopic (exact) mass is 521 g/mol. The summed E-state index contributed by atoms with van der Waals surface area (Å²) in [6.07, 6.45) is 0. The number of rotatable bonds is 14. The predicted molar refractivity (Wildman–Crippen MR) is 131 cm³/mol. The molecule has 0 aliphatic rings. The summed E-state index contributed by atoms with van der Waals surface area (Å²) in [5, 5.41) is 27.5. The summed E-state index contributed by atoms with van der Waals surface area (Å²) >= 11 is 1.15. The Morgan fingerprint density at radius 2 is 1.74 bits per heavy atom. The predicted octanol–water partition coefficient (Wildman–Crippen LogP) is 4.20. The van der Waals surface area contributed by atoms with Crippen LogP contribution in [0.3, 0.4) is 0 Å². The van der Waals surface area contributed by atoms with Crippen molar-refractivity contribution in [3.8, 4) is 12.1 Å². The van der Waals surface area contributed by atoms with Crippen LogP contribution >= 0.6 is 11.3 Å². The summed E-state index contributed by atoms with van der Waals surface area (Å²) in [5.74, 6) is 0. The Balaban J connectivity index is 1.86. The second-order valence-electron chi connectivity index (χ2n) is 7.18. The minimum Gasteiger partial charge on any atom is -0.377 e. The van der Waals surface area contributed by atoms with E-state index in [-0.39, 0.29) is 19.8 Å². The first kappa shape index (κ1) is 28.3. The van der Waals surface area contributed by atoms with Crippen LogP contribution in [0.1, 0.15) is 28.5 Å². The molecular formula is C22H27N5O6S2. The zero-order chi connectivity index (χ0) is 25.8. The number of thiophene rings is 1. The molecule has 1 aromatic heterocycles. The van der Waals surface area contributed by atoms with E-state index in [2.05, 4.69) is 31.4 Å². The molecule has 0 amide bonds. The summed E-state index contributed by atoms with van der Waals surface area (Å²) < 4.78 is 44.1. The number of likely N-dealkylation sites (N-methyl/N-ethyl adjacent to an activating group) is 1. The molecule has 0 unspecified atom stereocenters. The van der Waals surface area contributed by atoms with Crippen molar-refractivity contribution in [1.29, 1.82) is 10.5 Å².